The monoisotopic (exact) mass is 347 g/mol. The zero-order valence-corrected chi connectivity index (χ0v) is 14.9. The lowest BCUT2D eigenvalue weighted by molar-refractivity contribution is -0.161. The van der Waals surface area contributed by atoms with E-state index in [2.05, 4.69) is 18.2 Å². The number of rotatable bonds is 3. The van der Waals surface area contributed by atoms with E-state index in [-0.39, 0.29) is 18.1 Å². The number of ether oxygens (including phenoxy) is 2. The summed E-state index contributed by atoms with van der Waals surface area (Å²) in [5, 5.41) is 9.05. The minimum absolute atomic E-state index is 0.0543. The number of carbonyl (C=O) groups excluding carboxylic acids is 1. The number of carboxylic acids is 1. The first-order valence-corrected chi connectivity index (χ1v) is 8.74. The quantitative estimate of drug-likeness (QED) is 0.907. The van der Waals surface area contributed by atoms with Crippen LogP contribution in [0.25, 0.3) is 0 Å². The van der Waals surface area contributed by atoms with Crippen molar-refractivity contribution in [1.82, 2.24) is 4.90 Å². The Morgan fingerprint density at radius 3 is 2.60 bits per heavy atom. The van der Waals surface area contributed by atoms with Gasteiger partial charge in [-0.3, -0.25) is 4.79 Å². The number of amides is 1. The standard InChI is InChI=1S/C19H25NO5/c1-11-4-5-12(2)14(8-11)17-9-20(13(3)10-24-17)18(21)15-6-7-16(25-15)19(22)23/h4-5,8,13,15-17H,6-7,9-10H2,1-3H3,(H,22,23)/t13?,15-,16+,17?/m0/s1. The van der Waals surface area contributed by atoms with E-state index in [4.69, 9.17) is 14.6 Å². The summed E-state index contributed by atoms with van der Waals surface area (Å²) in [6.45, 7) is 6.94. The predicted octanol–water partition coefficient (Wildman–Crippen LogP) is 2.22. The maximum Gasteiger partial charge on any atom is 0.332 e. The third-order valence-corrected chi connectivity index (χ3v) is 5.07. The Kier molecular flexibility index (Phi) is 5.11. The van der Waals surface area contributed by atoms with E-state index in [9.17, 15) is 9.59 Å². The van der Waals surface area contributed by atoms with E-state index in [1.807, 2.05) is 20.8 Å². The third-order valence-electron chi connectivity index (χ3n) is 5.07. The highest BCUT2D eigenvalue weighted by atomic mass is 16.5. The Hall–Kier alpha value is -1.92. The van der Waals surface area contributed by atoms with Crippen molar-refractivity contribution in [2.75, 3.05) is 13.2 Å². The third kappa shape index (κ3) is 3.70. The van der Waals surface area contributed by atoms with Crippen LogP contribution in [0, 0.1) is 13.8 Å². The molecule has 0 radical (unpaired) electrons. The van der Waals surface area contributed by atoms with Gasteiger partial charge in [-0.1, -0.05) is 23.8 Å². The molecule has 6 nitrogen and oxygen atoms in total. The maximum absolute atomic E-state index is 12.9. The number of aliphatic carboxylic acids is 1. The molecule has 1 aromatic carbocycles. The molecule has 0 bridgehead atoms. The van der Waals surface area contributed by atoms with Crippen LogP contribution < -0.4 is 0 Å². The van der Waals surface area contributed by atoms with Crippen LogP contribution in [0.15, 0.2) is 18.2 Å². The van der Waals surface area contributed by atoms with E-state index >= 15 is 0 Å². The van der Waals surface area contributed by atoms with Gasteiger partial charge in [0.1, 0.15) is 12.2 Å². The SMILES string of the molecule is Cc1ccc(C)c(C2CN(C(=O)[C@@H]3CC[C@H](C(=O)O)O3)C(C)CO2)c1. The van der Waals surface area contributed by atoms with Gasteiger partial charge in [0, 0.05) is 0 Å². The van der Waals surface area contributed by atoms with E-state index in [0.29, 0.717) is 26.0 Å². The number of benzene rings is 1. The Morgan fingerprint density at radius 2 is 1.92 bits per heavy atom. The zero-order valence-electron chi connectivity index (χ0n) is 14.9. The molecule has 25 heavy (non-hydrogen) atoms. The molecule has 1 amide bonds. The van der Waals surface area contributed by atoms with Crippen molar-refractivity contribution in [2.24, 2.45) is 0 Å². The first-order chi connectivity index (χ1) is 11.9. The summed E-state index contributed by atoms with van der Waals surface area (Å²) in [5.74, 6) is -1.13. The highest BCUT2D eigenvalue weighted by Crippen LogP contribution is 2.30. The molecule has 2 fully saturated rings. The molecule has 2 heterocycles. The van der Waals surface area contributed by atoms with Crippen LogP contribution in [-0.4, -0.2) is 53.3 Å². The summed E-state index contributed by atoms with van der Waals surface area (Å²) in [5.41, 5.74) is 3.39. The number of hydrogen-bond donors (Lipinski definition) is 1. The van der Waals surface area contributed by atoms with Crippen LogP contribution in [0.2, 0.25) is 0 Å². The highest BCUT2D eigenvalue weighted by molar-refractivity contribution is 5.83. The first kappa shape index (κ1) is 17.9. The van der Waals surface area contributed by atoms with E-state index < -0.39 is 18.2 Å². The van der Waals surface area contributed by atoms with Crippen molar-refractivity contribution in [3.8, 4) is 0 Å². The minimum Gasteiger partial charge on any atom is -0.479 e. The van der Waals surface area contributed by atoms with Gasteiger partial charge in [0.25, 0.3) is 5.91 Å². The highest BCUT2D eigenvalue weighted by Gasteiger charge is 2.40. The van der Waals surface area contributed by atoms with Crippen LogP contribution in [0.4, 0.5) is 0 Å². The molecule has 0 aromatic heterocycles. The molecule has 0 saturated carbocycles. The molecule has 1 aromatic rings. The Labute approximate surface area is 147 Å². The molecule has 2 saturated heterocycles. The average Bonchev–Trinajstić information content (AvgIpc) is 3.07. The number of hydrogen-bond acceptors (Lipinski definition) is 4. The van der Waals surface area contributed by atoms with Crippen LogP contribution in [0.3, 0.4) is 0 Å². The van der Waals surface area contributed by atoms with Crippen molar-refractivity contribution in [3.63, 3.8) is 0 Å². The van der Waals surface area contributed by atoms with Crippen molar-refractivity contribution in [2.45, 2.75) is 58.0 Å². The van der Waals surface area contributed by atoms with Crippen molar-refractivity contribution in [3.05, 3.63) is 34.9 Å². The summed E-state index contributed by atoms with van der Waals surface area (Å²) < 4.78 is 11.4. The summed E-state index contributed by atoms with van der Waals surface area (Å²) in [7, 11) is 0. The summed E-state index contributed by atoms with van der Waals surface area (Å²) in [4.78, 5) is 25.7. The lowest BCUT2D eigenvalue weighted by atomic mass is 9.98. The van der Waals surface area contributed by atoms with Gasteiger partial charge in [-0.15, -0.1) is 0 Å². The van der Waals surface area contributed by atoms with Crippen molar-refractivity contribution < 1.29 is 24.2 Å². The molecule has 136 valence electrons. The second kappa shape index (κ2) is 7.14. The van der Waals surface area contributed by atoms with Gasteiger partial charge in [0.15, 0.2) is 6.10 Å². The van der Waals surface area contributed by atoms with Crippen LogP contribution in [-0.2, 0) is 19.1 Å². The van der Waals surface area contributed by atoms with E-state index in [0.717, 1.165) is 16.7 Å². The number of carboxylic acid groups (broad SMARTS) is 1. The van der Waals surface area contributed by atoms with Gasteiger partial charge in [0.05, 0.1) is 19.2 Å². The second-order valence-corrected chi connectivity index (χ2v) is 7.05. The molecular weight excluding hydrogens is 322 g/mol. The predicted molar refractivity (Wildman–Crippen MR) is 91.3 cm³/mol. The fourth-order valence-corrected chi connectivity index (χ4v) is 3.54. The van der Waals surface area contributed by atoms with Crippen LogP contribution >= 0.6 is 0 Å². The van der Waals surface area contributed by atoms with Crippen molar-refractivity contribution in [1.29, 1.82) is 0 Å². The molecule has 0 aliphatic carbocycles. The first-order valence-electron chi connectivity index (χ1n) is 8.74. The van der Waals surface area contributed by atoms with Crippen LogP contribution in [0.5, 0.6) is 0 Å². The summed E-state index contributed by atoms with van der Waals surface area (Å²) >= 11 is 0. The smallest absolute Gasteiger partial charge is 0.332 e. The largest absolute Gasteiger partial charge is 0.479 e. The average molecular weight is 347 g/mol. The zero-order chi connectivity index (χ0) is 18.1. The van der Waals surface area contributed by atoms with Gasteiger partial charge >= 0.3 is 5.97 Å². The van der Waals surface area contributed by atoms with Gasteiger partial charge in [-0.05, 0) is 44.7 Å². The lowest BCUT2D eigenvalue weighted by Gasteiger charge is -2.39. The molecule has 2 unspecified atom stereocenters. The normalized spacial score (nSPS) is 29.6. The lowest BCUT2D eigenvalue weighted by Crippen LogP contribution is -2.51. The van der Waals surface area contributed by atoms with Gasteiger partial charge in [-0.25, -0.2) is 4.79 Å². The number of nitrogens with zero attached hydrogens (tertiary/aromatic N) is 1. The van der Waals surface area contributed by atoms with Gasteiger partial charge < -0.3 is 19.5 Å². The van der Waals surface area contributed by atoms with E-state index in [1.54, 1.807) is 4.90 Å². The topological polar surface area (TPSA) is 76.1 Å². The number of morpholine rings is 1. The maximum atomic E-state index is 12.9. The molecular formula is C19H25NO5. The molecule has 2 aliphatic rings. The molecule has 0 spiro atoms. The van der Waals surface area contributed by atoms with Gasteiger partial charge in [-0.2, -0.15) is 0 Å². The number of aryl methyl sites for hydroxylation is 2. The second-order valence-electron chi connectivity index (χ2n) is 7.05. The Morgan fingerprint density at radius 1 is 1.20 bits per heavy atom. The van der Waals surface area contributed by atoms with E-state index in [1.165, 1.54) is 0 Å². The minimum atomic E-state index is -1.00. The number of carbonyl (C=O) groups is 2. The molecule has 2 aliphatic heterocycles. The molecule has 1 N–H and O–H groups in total. The summed E-state index contributed by atoms with van der Waals surface area (Å²) in [6.07, 6.45) is -0.878. The Balaban J connectivity index is 1.74. The van der Waals surface area contributed by atoms with Crippen LogP contribution in [0.1, 0.15) is 42.6 Å². The fraction of sp³-hybridized carbons (Fsp3) is 0.579. The fourth-order valence-electron chi connectivity index (χ4n) is 3.54. The van der Waals surface area contributed by atoms with Gasteiger partial charge in [0.2, 0.25) is 0 Å². The Bertz CT molecular complexity index is 674. The van der Waals surface area contributed by atoms with Crippen molar-refractivity contribution >= 4 is 11.9 Å². The molecule has 3 rings (SSSR count). The summed E-state index contributed by atoms with van der Waals surface area (Å²) in [6, 6.07) is 6.17. The molecule has 6 heteroatoms. The molecule has 4 atom stereocenters.